The van der Waals surface area contributed by atoms with Crippen LogP contribution >= 0.6 is 0 Å². The molecule has 142 heavy (non-hydrogen) atoms. The van der Waals surface area contributed by atoms with Gasteiger partial charge in [0.05, 0.1) is 77.9 Å². The van der Waals surface area contributed by atoms with Crippen molar-refractivity contribution in [2.45, 2.75) is 165 Å². The summed E-state index contributed by atoms with van der Waals surface area (Å²) in [4.78, 5) is 141. The third-order valence-corrected chi connectivity index (χ3v) is 22.8. The van der Waals surface area contributed by atoms with E-state index in [1.807, 2.05) is 60.7 Å². The number of aliphatic hydroxyl groups is 1. The maximum Gasteiger partial charge on any atom is 0.307 e. The van der Waals surface area contributed by atoms with Crippen molar-refractivity contribution in [2.24, 2.45) is 64.2 Å². The Morgan fingerprint density at radius 1 is 0.282 bits per heavy atom. The molecule has 1 saturated heterocycles. The highest BCUT2D eigenvalue weighted by Gasteiger charge is 2.34. The Kier molecular flexibility index (Phi) is 48.3. The number of aliphatic carboxylic acids is 6. The first kappa shape index (κ1) is 117. The van der Waals surface area contributed by atoms with Crippen LogP contribution in [0.3, 0.4) is 0 Å². The van der Waals surface area contributed by atoms with Crippen LogP contribution in [0.5, 0.6) is 0 Å². The van der Waals surface area contributed by atoms with Gasteiger partial charge in [-0.3, -0.25) is 57.5 Å². The number of halogens is 12. The van der Waals surface area contributed by atoms with Crippen LogP contribution < -0.4 is 34.0 Å². The van der Waals surface area contributed by atoms with Crippen LogP contribution in [-0.2, 0) is 122 Å². The third kappa shape index (κ3) is 41.0. The molecule has 25 nitrogen and oxygen atoms in total. The fourth-order valence-electron chi connectivity index (χ4n) is 14.7. The van der Waals surface area contributed by atoms with Gasteiger partial charge in [0.2, 0.25) is 0 Å². The van der Waals surface area contributed by atoms with Crippen molar-refractivity contribution in [3.63, 3.8) is 0 Å². The second kappa shape index (κ2) is 58.9. The highest BCUT2D eigenvalue weighted by molar-refractivity contribution is 5.92. The summed E-state index contributed by atoms with van der Waals surface area (Å²) in [5, 5.41) is 67.8. The van der Waals surface area contributed by atoms with E-state index >= 15 is 0 Å². The number of hydrogen-bond acceptors (Lipinski definition) is 19. The van der Waals surface area contributed by atoms with Crippen molar-refractivity contribution in [1.29, 1.82) is 0 Å². The molecule has 758 valence electrons. The Bertz CT molecular complexity index is 5810. The molecule has 18 N–H and O–H groups in total. The molecule has 0 saturated carbocycles. The highest BCUT2D eigenvalue weighted by atomic mass is 19.2. The molecule has 1 aliphatic heterocycles. The molecule has 0 aliphatic carbocycles. The number of nitrogens with one attached hydrogen (secondary N) is 1. The fraction of sp³-hybridized carbons (Fsp3) is 0.314. The van der Waals surface area contributed by atoms with E-state index < -0.39 is 189 Å². The highest BCUT2D eigenvalue weighted by Crippen LogP contribution is 2.27. The molecule has 10 aromatic carbocycles. The third-order valence-electron chi connectivity index (χ3n) is 22.8. The zero-order valence-electron chi connectivity index (χ0n) is 76.8. The molecule has 0 aromatic heterocycles. The van der Waals surface area contributed by atoms with Crippen LogP contribution in [0.1, 0.15) is 114 Å². The zero-order valence-corrected chi connectivity index (χ0v) is 76.8. The molecule has 13 atom stereocenters. The first-order chi connectivity index (χ1) is 67.1. The first-order valence-electron chi connectivity index (χ1n) is 44.7. The summed E-state index contributed by atoms with van der Waals surface area (Å²) in [5.74, 6) is -25.6. The summed E-state index contributed by atoms with van der Waals surface area (Å²) < 4.78 is 157. The average Bonchev–Trinajstić information content (AvgIpc) is 1.30. The van der Waals surface area contributed by atoms with E-state index in [9.17, 15) is 141 Å². The molecule has 0 radical (unpaired) electrons. The lowest BCUT2D eigenvalue weighted by Gasteiger charge is -2.17. The predicted octanol–water partition coefficient (Wildman–Crippen LogP) is 13.7. The zero-order chi connectivity index (χ0) is 105. The number of carbonyl (C=O) groups is 12. The summed E-state index contributed by atoms with van der Waals surface area (Å²) in [5.41, 5.74) is 33.8. The molecule has 11 rings (SSSR count). The van der Waals surface area contributed by atoms with Crippen molar-refractivity contribution in [1.82, 2.24) is 5.32 Å². The number of benzene rings is 10. The van der Waals surface area contributed by atoms with Gasteiger partial charge in [-0.15, -0.1) is 0 Å². The largest absolute Gasteiger partial charge is 0.481 e. The molecule has 1 aliphatic rings. The van der Waals surface area contributed by atoms with Gasteiger partial charge in [0, 0.05) is 38.5 Å². The van der Waals surface area contributed by atoms with Crippen molar-refractivity contribution in [3.05, 3.63) is 356 Å². The van der Waals surface area contributed by atoms with Gasteiger partial charge in [0.1, 0.15) is 23.3 Å². The number of nitrogens with two attached hydrogens (primary N) is 5. The number of carbonyl (C=O) groups excluding carboxylic acids is 6. The van der Waals surface area contributed by atoms with E-state index in [1.54, 1.807) is 12.1 Å². The van der Waals surface area contributed by atoms with Gasteiger partial charge in [0.15, 0.2) is 81.2 Å². The quantitative estimate of drug-likeness (QED) is 0.0158. The van der Waals surface area contributed by atoms with Gasteiger partial charge >= 0.3 is 35.8 Å². The van der Waals surface area contributed by atoms with Crippen LogP contribution in [0.25, 0.3) is 0 Å². The Morgan fingerprint density at radius 3 is 0.768 bits per heavy atom. The molecule has 1 heterocycles. The summed E-state index contributed by atoms with van der Waals surface area (Å²) >= 11 is 0. The van der Waals surface area contributed by atoms with Crippen LogP contribution in [0.2, 0.25) is 0 Å². The van der Waals surface area contributed by atoms with Gasteiger partial charge in [-0.2, -0.15) is 0 Å². The number of aliphatic hydroxyl groups excluding tert-OH is 1. The number of hydrogen-bond donors (Lipinski definition) is 13. The molecule has 8 unspecified atom stereocenters. The molecular weight excluding hydrogens is 1880 g/mol. The average molecular weight is 1990 g/mol. The summed E-state index contributed by atoms with van der Waals surface area (Å²) in [6.45, 7) is 2.09. The monoisotopic (exact) mass is 1990 g/mol. The summed E-state index contributed by atoms with van der Waals surface area (Å²) in [6.07, 6.45) is -0.501. The van der Waals surface area contributed by atoms with Gasteiger partial charge in [-0.1, -0.05) is 146 Å². The smallest absolute Gasteiger partial charge is 0.307 e. The minimum Gasteiger partial charge on any atom is -0.481 e. The van der Waals surface area contributed by atoms with Gasteiger partial charge < -0.3 is 69.7 Å². The normalized spacial score (nSPS) is 14.5. The SMILES string of the molecule is C[C@H](O)[C@@H](N)C(=O)CC(Cc1ccc(F)c(F)c1)C(=O)O.NC(Cc1ccc(F)cc1)C(=O)CC(Cc1ccc(F)c(F)c1)C(=O)O.NC(Cc1ccc(F)cc1)C(=O)CC(Cc1ccccc1F)C(=O)O.N[C@@H](Cc1ccccc1)C(=O)CC(Cc1ccc(F)c(F)c1)C(=O)O.N[C@@H](Cc1ccccc1)C(=O)CC(Cc1ccccc1F)C(=O)O.O=C(O)C(CC(=O)[C@@H]1CCCN1)Cc1ccc(F)c(F)c1. The Balaban J connectivity index is 0.000000261. The number of Topliss-reactive ketones (excluding diaryl/α,β-unsaturated/α-hetero) is 6. The minimum absolute atomic E-state index is 0.00495. The van der Waals surface area contributed by atoms with E-state index in [4.69, 9.17) is 33.8 Å². The molecule has 37 heteroatoms. The minimum atomic E-state index is -1.24. The number of ketones is 6. The predicted molar refractivity (Wildman–Crippen MR) is 498 cm³/mol. The van der Waals surface area contributed by atoms with Crippen molar-refractivity contribution in [2.75, 3.05) is 6.54 Å². The van der Waals surface area contributed by atoms with E-state index in [0.717, 1.165) is 79.0 Å². The van der Waals surface area contributed by atoms with Gasteiger partial charge in [0.25, 0.3) is 0 Å². The molecule has 0 amide bonds. The Morgan fingerprint density at radius 2 is 0.521 bits per heavy atom. The Hall–Kier alpha value is -14.1. The van der Waals surface area contributed by atoms with Gasteiger partial charge in [-0.25, -0.2) is 52.7 Å². The van der Waals surface area contributed by atoms with Crippen LogP contribution in [0, 0.1) is 105 Å². The molecular formula is C105H110F12N6O19. The lowest BCUT2D eigenvalue weighted by Crippen LogP contribution is -2.41. The number of carboxylic acids is 6. The van der Waals surface area contributed by atoms with E-state index in [2.05, 4.69) is 5.32 Å². The molecule has 0 bridgehead atoms. The lowest BCUT2D eigenvalue weighted by atomic mass is 9.90. The standard InChI is InChI=1S/C19H18F3NO3.2C19H19F2NO3.C19H20FNO3.C15H17F2NO3.C14H17F2NO4/c20-14-4-1-11(2-5-14)9-17(23)18(24)10-13(19(25)26)7-12-3-6-15(21)16(22)8-12;20-15-7-5-12(6-8-15)9-17(22)18(23)11-14(19(24)25)10-13-3-1-2-4-16(13)21;20-15-7-6-13(9-16(15)21)8-14(19(24)25)11-18(23)17(22)10-12-4-2-1-3-5-12;20-16-9-5-4-8-14(16)11-15(19(23)24)12-18(22)17(21)10-13-6-2-1-3-7-13;16-11-4-3-9(7-12(11)17)6-10(15(20)21)8-14(19)13-2-1-5-18-13;1-7(18)13(17)12(19)6-9(14(20)21)4-8-2-3-10(15)11(16)5-8/h1-6,8,13,17H,7,9-10,23H2,(H,25,26);1-8,14,17H,9-11,22H2,(H,24,25);1-7,9,14,17H,8,10-11,22H2,(H,24,25);1-9,15,17H,10-12,21H2,(H,23,24);3-4,7,10,13,18H,1-2,5-6,8H2,(H,20,21);2-3,5,7,9,13,18H,4,6,17H2,1H3,(H,20,21)/t;;14?,17-;15?,17-;10?,13-;7-,9?,13+/m..0000/s1. The van der Waals surface area contributed by atoms with Crippen LogP contribution in [-0.4, -0.2) is 155 Å². The van der Waals surface area contributed by atoms with Gasteiger partial charge in [-0.05, 0) is 231 Å². The summed E-state index contributed by atoms with van der Waals surface area (Å²) in [7, 11) is 0. The van der Waals surface area contributed by atoms with Crippen molar-refractivity contribution in [3.8, 4) is 0 Å². The molecule has 10 aromatic rings. The second-order valence-electron chi connectivity index (χ2n) is 34.0. The molecule has 0 spiro atoms. The van der Waals surface area contributed by atoms with Crippen LogP contribution in [0.4, 0.5) is 52.7 Å². The second-order valence-corrected chi connectivity index (χ2v) is 34.0. The van der Waals surface area contributed by atoms with E-state index in [-0.39, 0.29) is 141 Å². The summed E-state index contributed by atoms with van der Waals surface area (Å²) in [6, 6.07) is 49.1. The maximum atomic E-state index is 13.7. The van der Waals surface area contributed by atoms with Crippen LogP contribution in [0.15, 0.2) is 231 Å². The topological polar surface area (TPSA) is 489 Å². The maximum absolute atomic E-state index is 13.7. The number of carboxylic acid groups (broad SMARTS) is 6. The molecule has 1 fully saturated rings. The first-order valence-corrected chi connectivity index (χ1v) is 44.7. The number of rotatable bonds is 45. The van der Waals surface area contributed by atoms with E-state index in [1.165, 1.54) is 116 Å². The Labute approximate surface area is 809 Å². The van der Waals surface area contributed by atoms with E-state index in [0.29, 0.717) is 35.1 Å². The fourth-order valence-corrected chi connectivity index (χ4v) is 14.7. The van der Waals surface area contributed by atoms with Crippen molar-refractivity contribution < 1.29 is 146 Å². The van der Waals surface area contributed by atoms with Crippen molar-refractivity contribution >= 4 is 70.5 Å². The lowest BCUT2D eigenvalue weighted by molar-refractivity contribution is -0.144.